The Bertz CT molecular complexity index is 494. The predicted octanol–water partition coefficient (Wildman–Crippen LogP) is 4.80. The Morgan fingerprint density at radius 3 is 2.56 bits per heavy atom. The molecule has 18 heavy (non-hydrogen) atoms. The van der Waals surface area contributed by atoms with Crippen LogP contribution in [-0.4, -0.2) is 6.54 Å². The quantitative estimate of drug-likeness (QED) is 0.782. The van der Waals surface area contributed by atoms with E-state index in [9.17, 15) is 0 Å². The first-order valence-corrected chi connectivity index (χ1v) is 7.09. The zero-order valence-electron chi connectivity index (χ0n) is 10.6. The molecular weight excluding hydrogens is 286 g/mol. The number of hydrogen-bond donors (Lipinski definition) is 1. The molecule has 0 aliphatic heterocycles. The van der Waals surface area contributed by atoms with Crippen LogP contribution in [0.3, 0.4) is 0 Å². The van der Waals surface area contributed by atoms with Crippen LogP contribution < -0.4 is 5.32 Å². The highest BCUT2D eigenvalue weighted by Gasteiger charge is 1.97. The van der Waals surface area contributed by atoms with Crippen molar-refractivity contribution >= 4 is 21.6 Å². The topological polar surface area (TPSA) is 12.0 Å². The fourth-order valence-electron chi connectivity index (χ4n) is 1.87. The average molecular weight is 304 g/mol. The monoisotopic (exact) mass is 303 g/mol. The van der Waals surface area contributed by atoms with Gasteiger partial charge in [-0.05, 0) is 43.0 Å². The van der Waals surface area contributed by atoms with Gasteiger partial charge in [-0.2, -0.15) is 0 Å². The smallest absolute Gasteiger partial charge is 0.0351 e. The van der Waals surface area contributed by atoms with E-state index in [0.29, 0.717) is 0 Å². The molecule has 94 valence electrons. The first-order valence-electron chi connectivity index (χ1n) is 6.29. The Morgan fingerprint density at radius 2 is 1.83 bits per heavy atom. The summed E-state index contributed by atoms with van der Waals surface area (Å²) < 4.78 is 1.16. The molecule has 0 heterocycles. The number of halogens is 1. The zero-order chi connectivity index (χ0) is 12.8. The molecular formula is C16H18BrN. The van der Waals surface area contributed by atoms with Crippen molar-refractivity contribution in [1.29, 1.82) is 0 Å². The fraction of sp³-hybridized carbons (Fsp3) is 0.250. The van der Waals surface area contributed by atoms with E-state index in [1.165, 1.54) is 16.8 Å². The lowest BCUT2D eigenvalue weighted by atomic mass is 10.1. The largest absolute Gasteiger partial charge is 0.385 e. The summed E-state index contributed by atoms with van der Waals surface area (Å²) in [4.78, 5) is 0. The van der Waals surface area contributed by atoms with Crippen molar-refractivity contribution in [3.8, 4) is 0 Å². The number of hydrogen-bond acceptors (Lipinski definition) is 1. The van der Waals surface area contributed by atoms with Crippen LogP contribution in [-0.2, 0) is 6.42 Å². The fourth-order valence-corrected chi connectivity index (χ4v) is 2.25. The van der Waals surface area contributed by atoms with Gasteiger partial charge in [-0.15, -0.1) is 0 Å². The molecule has 0 radical (unpaired) electrons. The number of benzene rings is 2. The van der Waals surface area contributed by atoms with Crippen LogP contribution in [0.2, 0.25) is 0 Å². The van der Waals surface area contributed by atoms with Gasteiger partial charge in [-0.3, -0.25) is 0 Å². The highest BCUT2D eigenvalue weighted by Crippen LogP contribution is 2.20. The maximum atomic E-state index is 3.55. The third-order valence-corrected chi connectivity index (χ3v) is 3.84. The summed E-state index contributed by atoms with van der Waals surface area (Å²) in [6.45, 7) is 3.10. The van der Waals surface area contributed by atoms with Crippen LogP contribution in [0.4, 0.5) is 5.69 Å². The Balaban J connectivity index is 1.77. The molecule has 0 unspecified atom stereocenters. The lowest BCUT2D eigenvalue weighted by Crippen LogP contribution is -2.03. The van der Waals surface area contributed by atoms with Crippen LogP contribution in [0, 0.1) is 6.92 Å². The highest BCUT2D eigenvalue weighted by molar-refractivity contribution is 9.10. The van der Waals surface area contributed by atoms with Gasteiger partial charge in [0.1, 0.15) is 0 Å². The molecule has 0 spiro atoms. The predicted molar refractivity (Wildman–Crippen MR) is 82.1 cm³/mol. The molecule has 0 aromatic heterocycles. The van der Waals surface area contributed by atoms with Crippen molar-refractivity contribution in [2.24, 2.45) is 0 Å². The maximum absolute atomic E-state index is 3.55. The summed E-state index contributed by atoms with van der Waals surface area (Å²) >= 11 is 3.55. The standard InChI is InChI=1S/C16H18BrN/c1-13-9-10-15(12-16(13)17)18-11-5-8-14-6-3-2-4-7-14/h2-4,6-7,9-10,12,18H,5,8,11H2,1H3. The summed E-state index contributed by atoms with van der Waals surface area (Å²) in [5.41, 5.74) is 3.86. The second kappa shape index (κ2) is 6.60. The number of aryl methyl sites for hydroxylation is 2. The van der Waals surface area contributed by atoms with Crippen molar-refractivity contribution in [2.75, 3.05) is 11.9 Å². The highest BCUT2D eigenvalue weighted by atomic mass is 79.9. The van der Waals surface area contributed by atoms with Gasteiger partial charge in [-0.25, -0.2) is 0 Å². The van der Waals surface area contributed by atoms with Gasteiger partial charge >= 0.3 is 0 Å². The van der Waals surface area contributed by atoms with Crippen molar-refractivity contribution in [1.82, 2.24) is 0 Å². The van der Waals surface area contributed by atoms with Gasteiger partial charge in [0.15, 0.2) is 0 Å². The summed E-state index contributed by atoms with van der Waals surface area (Å²) in [5, 5.41) is 3.45. The molecule has 2 rings (SSSR count). The first kappa shape index (κ1) is 13.2. The van der Waals surface area contributed by atoms with Gasteiger partial charge in [0, 0.05) is 16.7 Å². The molecule has 0 amide bonds. The second-order valence-corrected chi connectivity index (χ2v) is 5.33. The van der Waals surface area contributed by atoms with Gasteiger partial charge < -0.3 is 5.32 Å². The third-order valence-electron chi connectivity index (χ3n) is 2.99. The first-order chi connectivity index (χ1) is 8.75. The minimum atomic E-state index is 1.00. The average Bonchev–Trinajstić information content (AvgIpc) is 2.40. The molecule has 2 aromatic rings. The zero-order valence-corrected chi connectivity index (χ0v) is 12.2. The summed E-state index contributed by atoms with van der Waals surface area (Å²) in [7, 11) is 0. The Kier molecular flexibility index (Phi) is 4.82. The van der Waals surface area contributed by atoms with E-state index in [2.05, 4.69) is 76.7 Å². The van der Waals surface area contributed by atoms with E-state index in [1.54, 1.807) is 0 Å². The molecule has 0 aliphatic rings. The van der Waals surface area contributed by atoms with Crippen LogP contribution in [0.25, 0.3) is 0 Å². The van der Waals surface area contributed by atoms with Crippen LogP contribution in [0.1, 0.15) is 17.5 Å². The Labute approximate surface area is 117 Å². The second-order valence-electron chi connectivity index (χ2n) is 4.48. The maximum Gasteiger partial charge on any atom is 0.0351 e. The number of rotatable bonds is 5. The molecule has 1 N–H and O–H groups in total. The van der Waals surface area contributed by atoms with Crippen LogP contribution in [0.5, 0.6) is 0 Å². The van der Waals surface area contributed by atoms with E-state index >= 15 is 0 Å². The lowest BCUT2D eigenvalue weighted by molar-refractivity contribution is 0.863. The van der Waals surface area contributed by atoms with Gasteiger partial charge in [-0.1, -0.05) is 52.3 Å². The molecule has 0 bridgehead atoms. The molecule has 0 saturated heterocycles. The number of nitrogens with one attached hydrogen (secondary N) is 1. The third kappa shape index (κ3) is 3.88. The summed E-state index contributed by atoms with van der Waals surface area (Å²) in [6, 6.07) is 17.0. The van der Waals surface area contributed by atoms with Gasteiger partial charge in [0.05, 0.1) is 0 Å². The molecule has 0 aliphatic carbocycles. The molecule has 1 nitrogen and oxygen atoms in total. The number of anilines is 1. The van der Waals surface area contributed by atoms with Crippen LogP contribution >= 0.6 is 15.9 Å². The van der Waals surface area contributed by atoms with Crippen LogP contribution in [0.15, 0.2) is 53.0 Å². The summed E-state index contributed by atoms with van der Waals surface area (Å²) in [5.74, 6) is 0. The van der Waals surface area contributed by atoms with E-state index in [1.807, 2.05) is 0 Å². The van der Waals surface area contributed by atoms with Crippen molar-refractivity contribution in [2.45, 2.75) is 19.8 Å². The molecule has 2 aromatic carbocycles. The van der Waals surface area contributed by atoms with E-state index in [-0.39, 0.29) is 0 Å². The molecule has 0 atom stereocenters. The minimum Gasteiger partial charge on any atom is -0.385 e. The lowest BCUT2D eigenvalue weighted by Gasteiger charge is -2.08. The van der Waals surface area contributed by atoms with E-state index in [4.69, 9.17) is 0 Å². The van der Waals surface area contributed by atoms with E-state index in [0.717, 1.165) is 23.9 Å². The van der Waals surface area contributed by atoms with E-state index < -0.39 is 0 Å². The molecule has 0 saturated carbocycles. The molecule has 0 fully saturated rings. The minimum absolute atomic E-state index is 1.00. The summed E-state index contributed by atoms with van der Waals surface area (Å²) in [6.07, 6.45) is 2.27. The Hall–Kier alpha value is -1.28. The van der Waals surface area contributed by atoms with Crippen molar-refractivity contribution in [3.63, 3.8) is 0 Å². The normalized spacial score (nSPS) is 10.3. The van der Waals surface area contributed by atoms with Gasteiger partial charge in [0.2, 0.25) is 0 Å². The van der Waals surface area contributed by atoms with Crippen molar-refractivity contribution in [3.05, 3.63) is 64.1 Å². The van der Waals surface area contributed by atoms with Gasteiger partial charge in [0.25, 0.3) is 0 Å². The Morgan fingerprint density at radius 1 is 1.06 bits per heavy atom. The molecule has 2 heteroatoms. The van der Waals surface area contributed by atoms with Crippen molar-refractivity contribution < 1.29 is 0 Å². The SMILES string of the molecule is Cc1ccc(NCCCc2ccccc2)cc1Br.